The van der Waals surface area contributed by atoms with Gasteiger partial charge in [0.25, 0.3) is 0 Å². The third kappa shape index (κ3) is 8.83. The normalized spacial score (nSPS) is 16.7. The fourth-order valence-electron chi connectivity index (χ4n) is 5.29. The minimum Gasteiger partial charge on any atom is -0.465 e. The van der Waals surface area contributed by atoms with E-state index in [2.05, 4.69) is 11.9 Å². The van der Waals surface area contributed by atoms with Gasteiger partial charge in [-0.05, 0) is 47.6 Å². The molecule has 3 atom stereocenters. The van der Waals surface area contributed by atoms with E-state index in [0.717, 1.165) is 47.3 Å². The quantitative estimate of drug-likeness (QED) is 0.131. The number of hydrogen-bond donors (Lipinski definition) is 0. The second-order valence-corrected chi connectivity index (χ2v) is 11.1. The molecule has 1 saturated heterocycles. The molecule has 0 unspecified atom stereocenters. The molecule has 2 amide bonds. The number of aromatic nitrogens is 1. The summed E-state index contributed by atoms with van der Waals surface area (Å²) in [6.45, 7) is 4.47. The minimum absolute atomic E-state index is 0.0186. The van der Waals surface area contributed by atoms with Gasteiger partial charge in [-0.2, -0.15) is 0 Å². The molecule has 0 saturated carbocycles. The van der Waals surface area contributed by atoms with Gasteiger partial charge in [-0.15, -0.1) is 0 Å². The van der Waals surface area contributed by atoms with Crippen molar-refractivity contribution in [2.75, 3.05) is 6.61 Å². The molecule has 226 valence electrons. The van der Waals surface area contributed by atoms with Gasteiger partial charge in [-0.3, -0.25) is 24.3 Å². The smallest absolute Gasteiger partial charge is 0.330 e. The lowest BCUT2D eigenvalue weighted by molar-refractivity contribution is -0.180. The van der Waals surface area contributed by atoms with Gasteiger partial charge in [0.2, 0.25) is 11.8 Å². The molecule has 1 fully saturated rings. The molecular formula is C35H40N2O6. The summed E-state index contributed by atoms with van der Waals surface area (Å²) < 4.78 is 10.9. The maximum absolute atomic E-state index is 13.4. The van der Waals surface area contributed by atoms with E-state index in [-0.39, 0.29) is 37.8 Å². The van der Waals surface area contributed by atoms with Crippen LogP contribution in [-0.2, 0) is 48.1 Å². The Hall–Kier alpha value is -4.33. The zero-order chi connectivity index (χ0) is 30.6. The van der Waals surface area contributed by atoms with Crippen molar-refractivity contribution in [1.82, 2.24) is 9.88 Å². The number of carbonyl (C=O) groups excluding carboxylic acids is 4. The highest BCUT2D eigenvalue weighted by Gasteiger charge is 2.55. The van der Waals surface area contributed by atoms with Crippen LogP contribution in [0.1, 0.15) is 74.3 Å². The number of esters is 2. The highest BCUT2D eigenvalue weighted by Crippen LogP contribution is 2.34. The summed E-state index contributed by atoms with van der Waals surface area (Å²) >= 11 is 0. The summed E-state index contributed by atoms with van der Waals surface area (Å²) in [5.74, 6) is -2.67. The Morgan fingerprint density at radius 2 is 1.63 bits per heavy atom. The second-order valence-electron chi connectivity index (χ2n) is 11.1. The summed E-state index contributed by atoms with van der Waals surface area (Å²) in [5.41, 5.74) is 3.05. The first kappa shape index (κ1) is 31.6. The highest BCUT2D eigenvalue weighted by molar-refractivity contribution is 6.08. The molecule has 0 radical (unpaired) electrons. The molecule has 0 spiro atoms. The summed E-state index contributed by atoms with van der Waals surface area (Å²) in [6, 6.07) is 21.3. The van der Waals surface area contributed by atoms with E-state index in [4.69, 9.17) is 9.47 Å². The number of likely N-dealkylation sites (tertiary alicyclic amines) is 1. The molecule has 1 aliphatic rings. The number of β-lactam (4-membered cyclic amide) rings is 1. The average Bonchev–Trinajstić information content (AvgIpc) is 3.02. The Bertz CT molecular complexity index is 1380. The largest absolute Gasteiger partial charge is 0.465 e. The van der Waals surface area contributed by atoms with Crippen LogP contribution in [0.4, 0.5) is 0 Å². The third-order valence-electron chi connectivity index (χ3n) is 7.72. The predicted molar refractivity (Wildman–Crippen MR) is 162 cm³/mol. The van der Waals surface area contributed by atoms with Gasteiger partial charge < -0.3 is 9.47 Å². The first-order valence-corrected chi connectivity index (χ1v) is 15.1. The van der Waals surface area contributed by atoms with Crippen molar-refractivity contribution in [2.24, 2.45) is 5.92 Å². The number of ether oxygens (including phenoxy) is 2. The number of imide groups is 1. The average molecular weight is 585 g/mol. The van der Waals surface area contributed by atoms with Crippen LogP contribution in [0, 0.1) is 5.92 Å². The lowest BCUT2D eigenvalue weighted by Gasteiger charge is -2.44. The van der Waals surface area contributed by atoms with Crippen molar-refractivity contribution in [3.05, 3.63) is 101 Å². The molecule has 4 rings (SSSR count). The Kier molecular flexibility index (Phi) is 11.6. The van der Waals surface area contributed by atoms with Gasteiger partial charge in [0, 0.05) is 12.6 Å². The zero-order valence-electron chi connectivity index (χ0n) is 24.9. The van der Waals surface area contributed by atoms with Crippen molar-refractivity contribution in [2.45, 2.75) is 77.4 Å². The third-order valence-corrected chi connectivity index (χ3v) is 7.72. The number of rotatable bonds is 15. The fraction of sp³-hybridized carbons (Fsp3) is 0.400. The van der Waals surface area contributed by atoms with Crippen LogP contribution in [0.3, 0.4) is 0 Å². The summed E-state index contributed by atoms with van der Waals surface area (Å²) in [5, 5.41) is 0. The molecule has 1 aromatic heterocycles. The Morgan fingerprint density at radius 3 is 2.35 bits per heavy atom. The fourth-order valence-corrected chi connectivity index (χ4v) is 5.29. The molecule has 1 aliphatic heterocycles. The molecule has 0 bridgehead atoms. The maximum Gasteiger partial charge on any atom is 0.330 e. The van der Waals surface area contributed by atoms with Gasteiger partial charge in [0.05, 0.1) is 24.6 Å². The minimum atomic E-state index is -1.03. The molecule has 43 heavy (non-hydrogen) atoms. The Balaban J connectivity index is 1.43. The molecule has 8 heteroatoms. The van der Waals surface area contributed by atoms with Crippen molar-refractivity contribution >= 4 is 23.8 Å². The van der Waals surface area contributed by atoms with E-state index >= 15 is 0 Å². The number of amides is 2. The van der Waals surface area contributed by atoms with Crippen molar-refractivity contribution in [3.8, 4) is 0 Å². The van der Waals surface area contributed by atoms with Gasteiger partial charge in [-0.1, -0.05) is 93.8 Å². The number of unbranched alkanes of at least 4 members (excludes halogenated alkanes) is 3. The first-order valence-electron chi connectivity index (χ1n) is 15.1. The molecular weight excluding hydrogens is 544 g/mol. The number of pyridine rings is 1. The van der Waals surface area contributed by atoms with E-state index in [1.54, 1.807) is 18.3 Å². The SMILES string of the molecule is CCCCCCOC(=O)Cc1cc(C[C@H]2C(=O)N(C(=O)C[C@H](C)c3ccccc3)[C@@H]2C(=O)OCc2ccccc2)ccn1. The molecule has 8 nitrogen and oxygen atoms in total. The Labute approximate surface area is 253 Å². The van der Waals surface area contributed by atoms with Crippen molar-refractivity contribution in [1.29, 1.82) is 0 Å². The summed E-state index contributed by atoms with van der Waals surface area (Å²) in [7, 11) is 0. The lowest BCUT2D eigenvalue weighted by atomic mass is 9.81. The van der Waals surface area contributed by atoms with Crippen LogP contribution in [0.2, 0.25) is 0 Å². The first-order chi connectivity index (χ1) is 20.9. The number of hydrogen-bond acceptors (Lipinski definition) is 7. The molecule has 0 N–H and O–H groups in total. The zero-order valence-corrected chi connectivity index (χ0v) is 24.9. The Morgan fingerprint density at radius 1 is 0.907 bits per heavy atom. The lowest BCUT2D eigenvalue weighted by Crippen LogP contribution is -2.67. The maximum atomic E-state index is 13.4. The monoisotopic (exact) mass is 584 g/mol. The van der Waals surface area contributed by atoms with Crippen LogP contribution in [0.25, 0.3) is 0 Å². The van der Waals surface area contributed by atoms with Gasteiger partial charge >= 0.3 is 11.9 Å². The predicted octanol–water partition coefficient (Wildman–Crippen LogP) is 5.58. The molecule has 0 aliphatic carbocycles. The van der Waals surface area contributed by atoms with E-state index in [0.29, 0.717) is 12.3 Å². The number of nitrogens with zero attached hydrogens (tertiary/aromatic N) is 2. The summed E-state index contributed by atoms with van der Waals surface area (Å²) in [4.78, 5) is 57.8. The van der Waals surface area contributed by atoms with E-state index < -0.39 is 29.7 Å². The molecule has 3 aromatic rings. The standard InChI is InChI=1S/C35H40N2O6/c1-3-4-5-12-19-42-32(39)23-29-21-27(17-18-36-29)22-30-33(35(41)43-24-26-13-8-6-9-14-26)37(34(30)40)31(38)20-25(2)28-15-10-7-11-16-28/h6-11,13-18,21,25,30,33H,3-5,12,19-20,22-24H2,1-2H3/t25-,30+,33-/m0/s1. The molecule has 2 heterocycles. The van der Waals surface area contributed by atoms with Crippen LogP contribution >= 0.6 is 0 Å². The van der Waals surface area contributed by atoms with Gasteiger partial charge in [0.15, 0.2) is 0 Å². The van der Waals surface area contributed by atoms with Crippen LogP contribution in [0.5, 0.6) is 0 Å². The van der Waals surface area contributed by atoms with E-state index in [1.807, 2.05) is 67.6 Å². The molecule has 2 aromatic carbocycles. The van der Waals surface area contributed by atoms with E-state index in [9.17, 15) is 19.2 Å². The summed E-state index contributed by atoms with van der Waals surface area (Å²) in [6.07, 6.45) is 5.97. The highest BCUT2D eigenvalue weighted by atomic mass is 16.5. The van der Waals surface area contributed by atoms with E-state index in [1.165, 1.54) is 0 Å². The second kappa shape index (κ2) is 15.8. The van der Waals surface area contributed by atoms with Crippen molar-refractivity contribution in [3.63, 3.8) is 0 Å². The van der Waals surface area contributed by atoms with Gasteiger partial charge in [0.1, 0.15) is 12.6 Å². The number of carbonyl (C=O) groups is 4. The van der Waals surface area contributed by atoms with Crippen LogP contribution < -0.4 is 0 Å². The number of benzene rings is 2. The van der Waals surface area contributed by atoms with Crippen LogP contribution in [-0.4, -0.2) is 46.3 Å². The van der Waals surface area contributed by atoms with Crippen LogP contribution in [0.15, 0.2) is 79.0 Å². The topological polar surface area (TPSA) is 103 Å². The van der Waals surface area contributed by atoms with Gasteiger partial charge in [-0.25, -0.2) is 4.79 Å². The van der Waals surface area contributed by atoms with Crippen molar-refractivity contribution < 1.29 is 28.7 Å².